The lowest BCUT2D eigenvalue weighted by Crippen LogP contribution is -2.61. The number of methoxy groups -OCH3 is 1. The minimum Gasteiger partial charge on any atom is -0.507 e. The molecule has 6 rings (SSSR count). The van der Waals surface area contributed by atoms with Gasteiger partial charge in [-0.1, -0.05) is 74.5 Å². The first-order chi connectivity index (χ1) is 24.6. The van der Waals surface area contributed by atoms with Crippen LogP contribution < -0.4 is 10.1 Å². The Morgan fingerprint density at radius 3 is 1.77 bits per heavy atom. The maximum atomic E-state index is 13.0. The van der Waals surface area contributed by atoms with Crippen molar-refractivity contribution in [2.24, 2.45) is 5.41 Å². The molecule has 0 aliphatic carbocycles. The third-order valence-electron chi connectivity index (χ3n) is 9.96. The zero-order valence-electron chi connectivity index (χ0n) is 29.7. The molecule has 5 N–H and O–H groups in total. The summed E-state index contributed by atoms with van der Waals surface area (Å²) in [5, 5.41) is 45.3. The monoisotopic (exact) mass is 706 g/mol. The molecule has 1 aliphatic rings. The number of piperidine rings is 1. The highest BCUT2D eigenvalue weighted by Crippen LogP contribution is 2.50. The van der Waals surface area contributed by atoms with Crippen molar-refractivity contribution in [2.75, 3.05) is 27.7 Å². The number of carbonyl (C=O) groups is 4. The fourth-order valence-electron chi connectivity index (χ4n) is 7.22. The van der Waals surface area contributed by atoms with Crippen molar-refractivity contribution in [3.63, 3.8) is 0 Å². The molecule has 0 spiro atoms. The van der Waals surface area contributed by atoms with Gasteiger partial charge in [0.2, 0.25) is 11.8 Å². The number of ether oxygens (including phenoxy) is 1. The number of aromatic carboxylic acids is 2. The summed E-state index contributed by atoms with van der Waals surface area (Å²) in [6.45, 7) is 4.75. The fourth-order valence-corrected chi connectivity index (χ4v) is 7.22. The van der Waals surface area contributed by atoms with Gasteiger partial charge in [0, 0.05) is 24.0 Å². The SMILES string of the molecule is COc1cccc(C2(CCN(C)C)C(=O)NC(=O)CC2(C)C)c1.O=C(O)c1cc2ccccc2c(Cc2c(O)c(C(=O)O)cc3ccccc23)c1O. The van der Waals surface area contributed by atoms with E-state index in [9.17, 15) is 39.6 Å². The number of hydrogen-bond donors (Lipinski definition) is 5. The van der Waals surface area contributed by atoms with Crippen LogP contribution in [0.25, 0.3) is 21.5 Å². The molecule has 1 heterocycles. The van der Waals surface area contributed by atoms with E-state index in [0.29, 0.717) is 51.3 Å². The molecule has 1 aliphatic heterocycles. The Morgan fingerprint density at radius 2 is 1.31 bits per heavy atom. The number of fused-ring (bicyclic) bond motifs is 2. The van der Waals surface area contributed by atoms with Crippen molar-refractivity contribution in [3.8, 4) is 17.2 Å². The molecule has 0 bridgehead atoms. The summed E-state index contributed by atoms with van der Waals surface area (Å²) in [6.07, 6.45) is 0.920. The van der Waals surface area contributed by atoms with Crippen molar-refractivity contribution in [1.82, 2.24) is 10.2 Å². The molecular formula is C41H42N2O9. The van der Waals surface area contributed by atoms with E-state index in [-0.39, 0.29) is 29.4 Å². The van der Waals surface area contributed by atoms with Gasteiger partial charge in [-0.3, -0.25) is 14.9 Å². The number of hydrogen-bond acceptors (Lipinski definition) is 8. The smallest absolute Gasteiger partial charge is 0.339 e. The number of nitrogens with one attached hydrogen (secondary N) is 1. The molecule has 52 heavy (non-hydrogen) atoms. The number of benzene rings is 5. The van der Waals surface area contributed by atoms with Gasteiger partial charge in [0.05, 0.1) is 12.5 Å². The van der Waals surface area contributed by atoms with Crippen molar-refractivity contribution < 1.29 is 44.3 Å². The molecule has 1 unspecified atom stereocenters. The number of amides is 2. The van der Waals surface area contributed by atoms with Gasteiger partial charge in [-0.2, -0.15) is 0 Å². The fraction of sp³-hybridized carbons (Fsp3) is 0.268. The van der Waals surface area contributed by atoms with Crippen molar-refractivity contribution in [3.05, 3.63) is 113 Å². The van der Waals surface area contributed by atoms with Crippen LogP contribution in [0.1, 0.15) is 64.1 Å². The number of rotatable bonds is 9. The van der Waals surface area contributed by atoms with Gasteiger partial charge in [-0.25, -0.2) is 9.59 Å². The first-order valence-corrected chi connectivity index (χ1v) is 16.7. The average Bonchev–Trinajstić information content (AvgIpc) is 3.09. The molecular weight excluding hydrogens is 664 g/mol. The van der Waals surface area contributed by atoms with Gasteiger partial charge in [-0.05, 0) is 83.8 Å². The lowest BCUT2D eigenvalue weighted by atomic mass is 9.56. The first kappa shape index (κ1) is 37.3. The Labute approximate surface area is 301 Å². The largest absolute Gasteiger partial charge is 0.507 e. The zero-order chi connectivity index (χ0) is 38.0. The van der Waals surface area contributed by atoms with Crippen LogP contribution in [-0.2, 0) is 21.4 Å². The van der Waals surface area contributed by atoms with Crippen LogP contribution in [-0.4, -0.2) is 76.8 Å². The van der Waals surface area contributed by atoms with Gasteiger partial charge in [0.15, 0.2) is 0 Å². The molecule has 1 fully saturated rings. The molecule has 1 saturated heterocycles. The van der Waals surface area contributed by atoms with Crippen LogP contribution in [0.15, 0.2) is 84.9 Å². The summed E-state index contributed by atoms with van der Waals surface area (Å²) in [7, 11) is 5.58. The minimum atomic E-state index is -1.28. The van der Waals surface area contributed by atoms with Crippen molar-refractivity contribution in [2.45, 2.75) is 38.5 Å². The van der Waals surface area contributed by atoms with Crippen LogP contribution >= 0.6 is 0 Å². The molecule has 0 aromatic heterocycles. The normalized spacial score (nSPS) is 16.7. The molecule has 5 aromatic rings. The third-order valence-corrected chi connectivity index (χ3v) is 9.96. The van der Waals surface area contributed by atoms with E-state index in [1.165, 1.54) is 12.1 Å². The third kappa shape index (κ3) is 7.00. The maximum Gasteiger partial charge on any atom is 0.339 e. The molecule has 0 radical (unpaired) electrons. The lowest BCUT2D eigenvalue weighted by molar-refractivity contribution is -0.145. The zero-order valence-corrected chi connectivity index (χ0v) is 29.7. The summed E-state index contributed by atoms with van der Waals surface area (Å²) in [6, 6.07) is 24.4. The average molecular weight is 707 g/mol. The Bertz CT molecular complexity index is 2110. The predicted octanol–water partition coefficient (Wildman–Crippen LogP) is 6.35. The molecule has 11 nitrogen and oxygen atoms in total. The van der Waals surface area contributed by atoms with Gasteiger partial charge < -0.3 is 30.1 Å². The highest BCUT2D eigenvalue weighted by molar-refractivity contribution is 6.05. The van der Waals surface area contributed by atoms with Crippen LogP contribution in [0.3, 0.4) is 0 Å². The topological polar surface area (TPSA) is 174 Å². The molecule has 11 heteroatoms. The van der Waals surface area contributed by atoms with Crippen LogP contribution in [0.4, 0.5) is 0 Å². The van der Waals surface area contributed by atoms with E-state index < -0.39 is 34.3 Å². The summed E-state index contributed by atoms with van der Waals surface area (Å²) in [5.74, 6) is -3.06. The van der Waals surface area contributed by atoms with E-state index in [4.69, 9.17) is 4.74 Å². The number of imide groups is 1. The van der Waals surface area contributed by atoms with E-state index >= 15 is 0 Å². The molecule has 5 aromatic carbocycles. The van der Waals surface area contributed by atoms with E-state index in [2.05, 4.69) is 10.2 Å². The summed E-state index contributed by atoms with van der Waals surface area (Å²) in [4.78, 5) is 50.1. The van der Waals surface area contributed by atoms with Gasteiger partial charge >= 0.3 is 11.9 Å². The van der Waals surface area contributed by atoms with E-state index in [1.807, 2.05) is 52.2 Å². The minimum absolute atomic E-state index is 0.0407. The number of carboxylic acid groups (broad SMARTS) is 2. The van der Waals surface area contributed by atoms with Crippen molar-refractivity contribution in [1.29, 1.82) is 0 Å². The van der Waals surface area contributed by atoms with Crippen LogP contribution in [0, 0.1) is 5.41 Å². The van der Waals surface area contributed by atoms with Gasteiger partial charge in [0.25, 0.3) is 0 Å². The second-order valence-electron chi connectivity index (χ2n) is 13.9. The van der Waals surface area contributed by atoms with Gasteiger partial charge in [-0.15, -0.1) is 0 Å². The van der Waals surface area contributed by atoms with Gasteiger partial charge in [0.1, 0.15) is 28.4 Å². The van der Waals surface area contributed by atoms with E-state index in [1.54, 1.807) is 55.6 Å². The van der Waals surface area contributed by atoms with E-state index in [0.717, 1.165) is 12.1 Å². The Morgan fingerprint density at radius 1 is 0.788 bits per heavy atom. The van der Waals surface area contributed by atoms with Crippen LogP contribution in [0.5, 0.6) is 17.2 Å². The predicted molar refractivity (Wildman–Crippen MR) is 197 cm³/mol. The second kappa shape index (κ2) is 14.7. The number of carbonyl (C=O) groups excluding carboxylic acids is 2. The number of carboxylic acids is 2. The Balaban J connectivity index is 0.000000207. The highest BCUT2D eigenvalue weighted by atomic mass is 16.5. The number of phenols is 2. The highest BCUT2D eigenvalue weighted by Gasteiger charge is 2.56. The van der Waals surface area contributed by atoms with Crippen LogP contribution in [0.2, 0.25) is 0 Å². The molecule has 1 atom stereocenters. The molecule has 0 saturated carbocycles. The molecule has 270 valence electrons. The quantitative estimate of drug-likeness (QED) is 0.109. The summed E-state index contributed by atoms with van der Waals surface area (Å²) in [5.41, 5.74) is -0.233. The number of nitrogens with zero attached hydrogens (tertiary/aromatic N) is 1. The van der Waals surface area contributed by atoms with Crippen molar-refractivity contribution >= 4 is 45.3 Å². The second-order valence-corrected chi connectivity index (χ2v) is 13.9. The maximum absolute atomic E-state index is 13.0. The Hall–Kier alpha value is -5.94. The summed E-state index contributed by atoms with van der Waals surface area (Å²) < 4.78 is 5.33. The number of aromatic hydroxyl groups is 2. The first-order valence-electron chi connectivity index (χ1n) is 16.7. The standard InChI is InChI=1S/C23H16O6.C18H26N2O3/c24-20-16(14-7-3-1-5-12(14)9-18(20)22(26)27)11-17-15-8-4-2-6-13(15)10-19(21(17)25)23(28)29;1-17(2)12-15(21)19-16(22)18(17,9-10-20(3)4)13-7-6-8-14(11-13)23-5/h1-10,24-25H,11H2,(H,26,27)(H,28,29);6-8,11H,9-10,12H2,1-5H3,(H,19,21,22). The lowest BCUT2D eigenvalue weighted by Gasteiger charge is -2.49. The summed E-state index contributed by atoms with van der Waals surface area (Å²) >= 11 is 0. The Kier molecular flexibility index (Phi) is 10.6. The molecule has 2 amide bonds.